The molecule has 2 aromatic carbocycles. The number of anilines is 2. The van der Waals surface area contributed by atoms with Gasteiger partial charge in [-0.05, 0) is 56.7 Å². The summed E-state index contributed by atoms with van der Waals surface area (Å²) in [6.07, 6.45) is -4.75. The van der Waals surface area contributed by atoms with Crippen molar-refractivity contribution in [2.45, 2.75) is 38.6 Å². The Hall–Kier alpha value is -3.53. The quantitative estimate of drug-likeness (QED) is 0.538. The van der Waals surface area contributed by atoms with Crippen molar-refractivity contribution in [2.24, 2.45) is 0 Å². The number of methoxy groups -OCH3 is 1. The number of hydrogen-bond donors (Lipinski definition) is 2. The zero-order chi connectivity index (χ0) is 25.3. The largest absolute Gasteiger partial charge is 0.497 e. The fourth-order valence-corrected chi connectivity index (χ4v) is 4.10. The second-order valence-electron chi connectivity index (χ2n) is 8.78. The highest BCUT2D eigenvalue weighted by Crippen LogP contribution is 2.36. The lowest BCUT2D eigenvalue weighted by atomic mass is 10.1. The average molecular weight is 489 g/mol. The number of rotatable bonds is 6. The third kappa shape index (κ3) is 5.27. The molecule has 186 valence electrons. The van der Waals surface area contributed by atoms with E-state index in [1.54, 1.807) is 29.2 Å². The number of benzene rings is 2. The number of hydrogen-bond acceptors (Lipinski definition) is 6. The van der Waals surface area contributed by atoms with E-state index in [1.807, 2.05) is 13.8 Å². The van der Waals surface area contributed by atoms with Crippen LogP contribution in [0.3, 0.4) is 0 Å². The van der Waals surface area contributed by atoms with Gasteiger partial charge in [-0.3, -0.25) is 4.79 Å². The van der Waals surface area contributed by atoms with Crippen LogP contribution in [0.2, 0.25) is 0 Å². The smallest absolute Gasteiger partial charge is 0.418 e. The maximum absolute atomic E-state index is 14.0. The molecule has 1 fully saturated rings. The monoisotopic (exact) mass is 488 g/mol. The van der Waals surface area contributed by atoms with Crippen molar-refractivity contribution in [3.05, 3.63) is 64.4 Å². The highest BCUT2D eigenvalue weighted by atomic mass is 19.4. The van der Waals surface area contributed by atoms with Crippen molar-refractivity contribution in [3.8, 4) is 22.7 Å². The predicted octanol–water partition coefficient (Wildman–Crippen LogP) is 4.32. The lowest BCUT2D eigenvalue weighted by Crippen LogP contribution is -2.29. The SMILES string of the molecule is COc1cccc(-c2cc(NC(C)C)c(=O)n(-c3cc(N4CCC(O)C4)ccc3C(F)(F)F)n2)c1. The molecule has 35 heavy (non-hydrogen) atoms. The molecule has 1 atom stereocenters. The number of aromatic nitrogens is 2. The fraction of sp³-hybridized carbons (Fsp3) is 0.360. The number of alkyl halides is 3. The van der Waals surface area contributed by atoms with Gasteiger partial charge in [0.2, 0.25) is 0 Å². The van der Waals surface area contributed by atoms with E-state index in [4.69, 9.17) is 4.74 Å². The van der Waals surface area contributed by atoms with E-state index in [0.29, 0.717) is 42.2 Å². The molecule has 10 heteroatoms. The molecule has 0 radical (unpaired) electrons. The first kappa shape index (κ1) is 24.6. The second-order valence-corrected chi connectivity index (χ2v) is 8.78. The molecule has 0 spiro atoms. The van der Waals surface area contributed by atoms with E-state index in [-0.39, 0.29) is 17.4 Å². The number of nitrogens with one attached hydrogen (secondary N) is 1. The number of nitrogens with zero attached hydrogens (tertiary/aromatic N) is 3. The first-order valence-electron chi connectivity index (χ1n) is 11.3. The molecule has 1 aliphatic rings. The molecule has 0 amide bonds. The minimum absolute atomic E-state index is 0.128. The fourth-order valence-electron chi connectivity index (χ4n) is 4.10. The Morgan fingerprint density at radius 1 is 1.17 bits per heavy atom. The van der Waals surface area contributed by atoms with Gasteiger partial charge in [-0.1, -0.05) is 12.1 Å². The van der Waals surface area contributed by atoms with E-state index in [2.05, 4.69) is 10.4 Å². The molecule has 2 N–H and O–H groups in total. The van der Waals surface area contributed by atoms with Crippen LogP contribution in [0, 0.1) is 0 Å². The molecular weight excluding hydrogens is 461 g/mol. The van der Waals surface area contributed by atoms with Gasteiger partial charge in [0, 0.05) is 30.4 Å². The predicted molar refractivity (Wildman–Crippen MR) is 128 cm³/mol. The van der Waals surface area contributed by atoms with Gasteiger partial charge in [-0.2, -0.15) is 23.0 Å². The van der Waals surface area contributed by atoms with Gasteiger partial charge in [0.15, 0.2) is 0 Å². The number of β-amino-alcohol motifs (C(OH)–C–C–N with tert-alkyl or cyclic N) is 1. The van der Waals surface area contributed by atoms with E-state index < -0.39 is 23.4 Å². The second kappa shape index (κ2) is 9.61. The van der Waals surface area contributed by atoms with Crippen LogP contribution < -0.4 is 20.5 Å². The molecule has 0 saturated carbocycles. The van der Waals surface area contributed by atoms with Crippen molar-refractivity contribution >= 4 is 11.4 Å². The van der Waals surface area contributed by atoms with E-state index >= 15 is 0 Å². The Kier molecular flexibility index (Phi) is 6.75. The molecule has 3 aromatic rings. The van der Waals surface area contributed by atoms with Crippen molar-refractivity contribution in [3.63, 3.8) is 0 Å². The van der Waals surface area contributed by atoms with Crippen LogP contribution in [0.1, 0.15) is 25.8 Å². The Balaban J connectivity index is 1.95. The maximum atomic E-state index is 14.0. The molecular formula is C25H27F3N4O3. The Morgan fingerprint density at radius 2 is 1.94 bits per heavy atom. The van der Waals surface area contributed by atoms with Crippen LogP contribution >= 0.6 is 0 Å². The van der Waals surface area contributed by atoms with E-state index in [1.165, 1.54) is 25.3 Å². The van der Waals surface area contributed by atoms with Crippen LogP contribution in [0.4, 0.5) is 24.5 Å². The van der Waals surface area contributed by atoms with Crippen molar-refractivity contribution in [1.82, 2.24) is 9.78 Å². The Morgan fingerprint density at radius 3 is 2.57 bits per heavy atom. The third-order valence-electron chi connectivity index (χ3n) is 5.76. The molecule has 2 heterocycles. The van der Waals surface area contributed by atoms with Gasteiger partial charge in [0.25, 0.3) is 5.56 Å². The zero-order valence-electron chi connectivity index (χ0n) is 19.6. The van der Waals surface area contributed by atoms with Crippen LogP contribution in [-0.2, 0) is 6.18 Å². The standard InChI is InChI=1S/C25H27F3N4O3/c1-15(2)29-22-13-21(16-5-4-6-19(11-16)35-3)30-32(24(22)34)23-12-17(31-10-9-18(33)14-31)7-8-20(23)25(26,27)28/h4-8,11-13,15,18,29,33H,9-10,14H2,1-3H3. The third-order valence-corrected chi connectivity index (χ3v) is 5.76. The molecule has 1 aliphatic heterocycles. The van der Waals surface area contributed by atoms with Gasteiger partial charge in [0.05, 0.1) is 30.2 Å². The van der Waals surface area contributed by atoms with Crippen LogP contribution in [0.5, 0.6) is 5.75 Å². The summed E-state index contributed by atoms with van der Waals surface area (Å²) in [5.74, 6) is 0.547. The number of aliphatic hydroxyl groups is 1. The van der Waals surface area contributed by atoms with E-state index in [0.717, 1.165) is 10.7 Å². The number of halogens is 3. The summed E-state index contributed by atoms with van der Waals surface area (Å²) in [4.78, 5) is 15.2. The molecule has 0 bridgehead atoms. The van der Waals surface area contributed by atoms with Gasteiger partial charge in [-0.25, -0.2) is 0 Å². The summed E-state index contributed by atoms with van der Waals surface area (Å²) in [6.45, 7) is 4.46. The minimum atomic E-state index is -4.71. The molecule has 1 aromatic heterocycles. The molecule has 0 aliphatic carbocycles. The van der Waals surface area contributed by atoms with Crippen molar-refractivity contribution in [1.29, 1.82) is 0 Å². The molecule has 1 unspecified atom stereocenters. The first-order chi connectivity index (χ1) is 16.6. The summed E-state index contributed by atoms with van der Waals surface area (Å²) in [5.41, 5.74) is -0.563. The highest BCUT2D eigenvalue weighted by molar-refractivity contribution is 5.66. The minimum Gasteiger partial charge on any atom is -0.497 e. The first-order valence-corrected chi connectivity index (χ1v) is 11.3. The van der Waals surface area contributed by atoms with E-state index in [9.17, 15) is 23.1 Å². The normalized spacial score (nSPS) is 16.1. The summed E-state index contributed by atoms with van der Waals surface area (Å²) < 4.78 is 48.2. The van der Waals surface area contributed by atoms with Gasteiger partial charge in [0.1, 0.15) is 11.4 Å². The Bertz CT molecular complexity index is 1270. The average Bonchev–Trinajstić information content (AvgIpc) is 3.25. The summed E-state index contributed by atoms with van der Waals surface area (Å²) >= 11 is 0. The number of aliphatic hydroxyl groups excluding tert-OH is 1. The van der Waals surface area contributed by atoms with Crippen LogP contribution in [-0.4, -0.2) is 47.2 Å². The highest BCUT2D eigenvalue weighted by Gasteiger charge is 2.35. The molecule has 1 saturated heterocycles. The Labute approximate surface area is 200 Å². The van der Waals surface area contributed by atoms with Crippen LogP contribution in [0.25, 0.3) is 16.9 Å². The lowest BCUT2D eigenvalue weighted by molar-refractivity contribution is -0.137. The summed E-state index contributed by atoms with van der Waals surface area (Å²) in [6, 6.07) is 11.9. The van der Waals surface area contributed by atoms with Gasteiger partial charge < -0.3 is 20.1 Å². The maximum Gasteiger partial charge on any atom is 0.418 e. The topological polar surface area (TPSA) is 79.6 Å². The summed E-state index contributed by atoms with van der Waals surface area (Å²) in [5, 5.41) is 17.3. The van der Waals surface area contributed by atoms with Gasteiger partial charge in [-0.15, -0.1) is 0 Å². The zero-order valence-corrected chi connectivity index (χ0v) is 19.6. The summed E-state index contributed by atoms with van der Waals surface area (Å²) in [7, 11) is 1.51. The lowest BCUT2D eigenvalue weighted by Gasteiger charge is -2.22. The molecule has 4 rings (SSSR count). The van der Waals surface area contributed by atoms with Crippen LogP contribution in [0.15, 0.2) is 53.3 Å². The van der Waals surface area contributed by atoms with Crippen molar-refractivity contribution < 1.29 is 23.0 Å². The number of ether oxygens (including phenoxy) is 1. The van der Waals surface area contributed by atoms with Crippen molar-refractivity contribution in [2.75, 3.05) is 30.4 Å². The molecule has 7 nitrogen and oxygen atoms in total. The van der Waals surface area contributed by atoms with Gasteiger partial charge >= 0.3 is 6.18 Å².